The first-order valence-electron chi connectivity index (χ1n) is 21.0. The van der Waals surface area contributed by atoms with Crippen molar-refractivity contribution in [3.05, 3.63) is 0 Å². The molecule has 19 atom stereocenters. The van der Waals surface area contributed by atoms with E-state index >= 15 is 0 Å². The third-order valence-electron chi connectivity index (χ3n) is 13.7. The maximum absolute atomic E-state index is 14.3. The number of nitrogens with zero attached hydrogens (tertiary/aromatic N) is 1. The number of esters is 1. The smallest absolute Gasteiger partial charge is 0.311 e. The van der Waals surface area contributed by atoms with E-state index < -0.39 is 108 Å². The monoisotopic (exact) mass is 819 g/mol. The van der Waals surface area contributed by atoms with Gasteiger partial charge in [0.1, 0.15) is 24.4 Å². The minimum Gasteiger partial charge on any atom is -0.459 e. The van der Waals surface area contributed by atoms with Crippen LogP contribution in [0.5, 0.6) is 0 Å². The Morgan fingerprint density at radius 2 is 1.58 bits per heavy atom. The summed E-state index contributed by atoms with van der Waals surface area (Å²) in [7, 11) is 3.58. The summed E-state index contributed by atoms with van der Waals surface area (Å²) in [5.74, 6) is -4.67. The number of likely N-dealkylation sites (N-methyl/N-ethyl adjacent to an activating group) is 1. The summed E-state index contributed by atoms with van der Waals surface area (Å²) in [6, 6.07) is -0.214. The molecule has 1 amide bonds. The lowest BCUT2D eigenvalue weighted by atomic mass is 9.73. The van der Waals surface area contributed by atoms with Gasteiger partial charge in [0.05, 0.1) is 53.7 Å². The molecule has 334 valence electrons. The van der Waals surface area contributed by atoms with Crippen molar-refractivity contribution < 1.29 is 63.2 Å². The molecule has 0 bridgehead atoms. The lowest BCUT2D eigenvalue weighted by Crippen LogP contribution is -2.61. The molecular weight excluding hydrogens is 740 g/mol. The first-order chi connectivity index (χ1) is 26.2. The normalized spacial score (nSPS) is 47.1. The second kappa shape index (κ2) is 19.9. The van der Waals surface area contributed by atoms with E-state index in [1.54, 1.807) is 34.8 Å². The fraction of sp³-hybridized carbons (Fsp3) is 0.952. The van der Waals surface area contributed by atoms with Crippen LogP contribution in [0.15, 0.2) is 0 Å². The van der Waals surface area contributed by atoms with E-state index in [1.165, 1.54) is 6.92 Å². The van der Waals surface area contributed by atoms with Gasteiger partial charge in [-0.05, 0) is 87.6 Å². The van der Waals surface area contributed by atoms with Gasteiger partial charge in [-0.1, -0.05) is 34.6 Å². The van der Waals surface area contributed by atoms with Gasteiger partial charge < -0.3 is 59.3 Å². The second-order valence-corrected chi connectivity index (χ2v) is 18.6. The Labute approximate surface area is 341 Å². The quantitative estimate of drug-likeness (QED) is 0.190. The summed E-state index contributed by atoms with van der Waals surface area (Å²) in [5, 5.41) is 48.3. The molecule has 0 aliphatic carbocycles. The van der Waals surface area contributed by atoms with Gasteiger partial charge in [0.25, 0.3) is 0 Å². The van der Waals surface area contributed by atoms with Gasteiger partial charge in [-0.3, -0.25) is 14.5 Å². The largest absolute Gasteiger partial charge is 0.459 e. The highest BCUT2D eigenvalue weighted by Gasteiger charge is 2.53. The Morgan fingerprint density at radius 1 is 0.965 bits per heavy atom. The molecule has 0 aromatic rings. The topological polar surface area (TPSA) is 209 Å². The number of primary amides is 1. The van der Waals surface area contributed by atoms with E-state index in [0.717, 1.165) is 0 Å². The molecule has 0 radical (unpaired) electrons. The van der Waals surface area contributed by atoms with Crippen LogP contribution in [0, 0.1) is 29.6 Å². The van der Waals surface area contributed by atoms with Crippen molar-refractivity contribution in [2.75, 3.05) is 20.8 Å². The van der Waals surface area contributed by atoms with E-state index in [2.05, 4.69) is 4.90 Å². The Bertz CT molecular complexity index is 1300. The van der Waals surface area contributed by atoms with E-state index in [-0.39, 0.29) is 43.1 Å². The highest BCUT2D eigenvalue weighted by molar-refractivity contribution is 5.75. The van der Waals surface area contributed by atoms with Crippen LogP contribution in [0.1, 0.15) is 116 Å². The SMILES string of the molecule is CC[C@H]1OC(=O)[C@H](C)[C@@H](OC2C[C@@](C)(OC)[C@@H](C)[C@H](C)O2)[C@H](C)[C@@H](O[C@@H]2O[C@H](C)C[C@H](N(C)C(C)C)[C@H]2O)[C@](C)(O)C[C@@H](C)[C@H](OCC(N)=O)[C@H](C)[C@@H](O)[C@]1(C)O. The minimum atomic E-state index is -1.96. The zero-order chi connectivity index (χ0) is 43.5. The van der Waals surface area contributed by atoms with Crippen LogP contribution >= 0.6 is 0 Å². The lowest BCUT2D eigenvalue weighted by Gasteiger charge is -2.50. The van der Waals surface area contributed by atoms with Crippen molar-refractivity contribution in [2.45, 2.75) is 206 Å². The van der Waals surface area contributed by atoms with Gasteiger partial charge in [0.2, 0.25) is 5.91 Å². The number of hydrogen-bond donors (Lipinski definition) is 5. The standard InChI is InChI=1S/C42H78N2O13/c1-16-30-42(13,50)36(47)24(6)34(52-20-31(43)45)22(4)18-40(11,49)37(57-39-33(46)29(17-23(5)53-39)44(14)21(2)3)25(7)35(26(8)38(48)55-30)56-32-19-41(12,51-15)27(9)28(10)54-32/h21-30,32-37,39,46-47,49-50H,16-20H2,1-15H3,(H2,43,45)/t22-,23-,24+,25+,26-,27+,28+,29+,30-,32?,33-,34+,35+,36-,37-,39+,40-,41-,42-/m1/s1. The molecular formula is C42H78N2O13. The molecule has 15 heteroatoms. The molecule has 3 saturated heterocycles. The summed E-state index contributed by atoms with van der Waals surface area (Å²) < 4.78 is 44.4. The Kier molecular flexibility index (Phi) is 17.4. The Balaban J connectivity index is 2.24. The summed E-state index contributed by atoms with van der Waals surface area (Å²) in [4.78, 5) is 28.4. The number of hydrogen-bond acceptors (Lipinski definition) is 14. The second-order valence-electron chi connectivity index (χ2n) is 18.6. The number of methoxy groups -OCH3 is 1. The van der Waals surface area contributed by atoms with Crippen molar-refractivity contribution in [2.24, 2.45) is 35.3 Å². The van der Waals surface area contributed by atoms with Crippen LogP contribution in [0.3, 0.4) is 0 Å². The fourth-order valence-corrected chi connectivity index (χ4v) is 9.52. The number of nitrogens with two attached hydrogens (primary N) is 1. The highest BCUT2D eigenvalue weighted by atomic mass is 16.7. The number of carbonyl (C=O) groups excluding carboxylic acids is 2. The summed E-state index contributed by atoms with van der Waals surface area (Å²) >= 11 is 0. The summed E-state index contributed by atoms with van der Waals surface area (Å²) in [6.45, 7) is 23.2. The number of amides is 1. The predicted octanol–water partition coefficient (Wildman–Crippen LogP) is 3.14. The zero-order valence-electron chi connectivity index (χ0n) is 37.3. The maximum Gasteiger partial charge on any atom is 0.311 e. The molecule has 1 unspecified atom stereocenters. The van der Waals surface area contributed by atoms with Gasteiger partial charge in [-0.25, -0.2) is 0 Å². The number of ether oxygens (including phenoxy) is 7. The highest BCUT2D eigenvalue weighted by Crippen LogP contribution is 2.43. The van der Waals surface area contributed by atoms with E-state index in [0.29, 0.717) is 12.8 Å². The number of cyclic esters (lactones) is 1. The maximum atomic E-state index is 14.3. The fourth-order valence-electron chi connectivity index (χ4n) is 9.52. The Hall–Kier alpha value is -1.50. The van der Waals surface area contributed by atoms with Crippen LogP contribution in [-0.2, 0) is 42.7 Å². The number of aliphatic hydroxyl groups is 4. The predicted molar refractivity (Wildman–Crippen MR) is 213 cm³/mol. The molecule has 3 heterocycles. The minimum absolute atomic E-state index is 0.0133. The van der Waals surface area contributed by atoms with Crippen molar-refractivity contribution in [3.8, 4) is 0 Å². The first-order valence-corrected chi connectivity index (χ1v) is 21.0. The summed E-state index contributed by atoms with van der Waals surface area (Å²) in [6.07, 6.45) is -8.45. The molecule has 3 rings (SSSR count). The van der Waals surface area contributed by atoms with Gasteiger partial charge in [-0.15, -0.1) is 0 Å². The van der Waals surface area contributed by atoms with Crippen molar-refractivity contribution in [3.63, 3.8) is 0 Å². The number of aliphatic hydroxyl groups excluding tert-OH is 2. The third kappa shape index (κ3) is 11.5. The molecule has 15 nitrogen and oxygen atoms in total. The molecule has 6 N–H and O–H groups in total. The average Bonchev–Trinajstić information content (AvgIpc) is 3.12. The van der Waals surface area contributed by atoms with Crippen molar-refractivity contribution in [1.82, 2.24) is 4.90 Å². The van der Waals surface area contributed by atoms with Crippen LogP contribution in [0.4, 0.5) is 0 Å². The molecule has 0 spiro atoms. The van der Waals surface area contributed by atoms with Gasteiger partial charge >= 0.3 is 5.97 Å². The molecule has 3 fully saturated rings. The van der Waals surface area contributed by atoms with E-state index in [4.69, 9.17) is 38.9 Å². The first kappa shape index (κ1) is 49.9. The van der Waals surface area contributed by atoms with Gasteiger partial charge in [0.15, 0.2) is 12.6 Å². The molecule has 3 aliphatic rings. The average molecular weight is 819 g/mol. The van der Waals surface area contributed by atoms with Crippen molar-refractivity contribution >= 4 is 11.9 Å². The number of carbonyl (C=O) groups is 2. The molecule has 57 heavy (non-hydrogen) atoms. The lowest BCUT2D eigenvalue weighted by molar-refractivity contribution is -0.315. The molecule has 0 saturated carbocycles. The Morgan fingerprint density at radius 3 is 2.12 bits per heavy atom. The van der Waals surface area contributed by atoms with Gasteiger partial charge in [0, 0.05) is 43.4 Å². The van der Waals surface area contributed by atoms with Gasteiger partial charge in [-0.2, -0.15) is 0 Å². The third-order valence-corrected chi connectivity index (χ3v) is 13.7. The molecule has 3 aliphatic heterocycles. The van der Waals surface area contributed by atoms with E-state index in [9.17, 15) is 30.0 Å². The zero-order valence-corrected chi connectivity index (χ0v) is 37.3. The molecule has 0 aromatic carbocycles. The van der Waals surface area contributed by atoms with E-state index in [1.807, 2.05) is 62.4 Å². The van der Waals surface area contributed by atoms with Crippen LogP contribution in [-0.4, -0.2) is 148 Å². The molecule has 0 aromatic heterocycles. The van der Waals surface area contributed by atoms with Crippen LogP contribution in [0.2, 0.25) is 0 Å². The van der Waals surface area contributed by atoms with Crippen LogP contribution in [0.25, 0.3) is 0 Å². The van der Waals surface area contributed by atoms with Crippen LogP contribution < -0.4 is 5.73 Å². The summed E-state index contributed by atoms with van der Waals surface area (Å²) in [5.41, 5.74) is 1.17. The van der Waals surface area contributed by atoms with Crippen molar-refractivity contribution in [1.29, 1.82) is 0 Å². The number of rotatable bonds is 11.